The van der Waals surface area contributed by atoms with Crippen LogP contribution in [-0.4, -0.2) is 51.2 Å². The van der Waals surface area contributed by atoms with Crippen LogP contribution in [0.2, 0.25) is 5.02 Å². The second kappa shape index (κ2) is 9.65. The number of rotatable bonds is 5. The summed E-state index contributed by atoms with van der Waals surface area (Å²) in [5, 5.41) is 4.42. The number of carbonyl (C=O) groups excluding carboxylic acids is 1. The molecule has 2 N–H and O–H groups in total. The summed E-state index contributed by atoms with van der Waals surface area (Å²) in [4.78, 5) is 13.5. The predicted octanol–water partition coefficient (Wildman–Crippen LogP) is 4.42. The lowest BCUT2D eigenvalue weighted by atomic mass is 10.1. The van der Waals surface area contributed by atoms with E-state index in [2.05, 4.69) is 15.5 Å². The highest BCUT2D eigenvalue weighted by atomic mass is 35.5. The van der Waals surface area contributed by atoms with Crippen LogP contribution in [0.3, 0.4) is 0 Å². The van der Waals surface area contributed by atoms with Crippen molar-refractivity contribution in [3.05, 3.63) is 52.5 Å². The molecule has 1 heterocycles. The Labute approximate surface area is 188 Å². The maximum Gasteiger partial charge on any atom is 0.501 e. The molecule has 0 bridgehead atoms. The summed E-state index contributed by atoms with van der Waals surface area (Å²) in [5.41, 5.74) is -3.29. The molecule has 0 spiro atoms. The number of anilines is 2. The molecule has 7 nitrogen and oxygen atoms in total. The Hall–Kier alpha value is -2.34. The number of nitrogens with one attached hydrogen (secondary N) is 2. The molecule has 0 atom stereocenters. The van der Waals surface area contributed by atoms with Crippen LogP contribution in [0, 0.1) is 6.92 Å². The number of amides is 2. The standard InChI is InChI=1S/C20H21ClF3N3O4S/c1-13-2-5-17(14(10-13)12-27-6-8-31-9-7-27)26-19(28)25-15-3-4-16(21)18(11-15)32(29,30)20(22,23)24/h2-5,10-11H,6-9,12H2,1H3,(H2,25,26,28). The topological polar surface area (TPSA) is 87.7 Å². The van der Waals surface area contributed by atoms with E-state index in [0.29, 0.717) is 31.5 Å². The quantitative estimate of drug-likeness (QED) is 0.646. The first kappa shape index (κ1) is 24.3. The van der Waals surface area contributed by atoms with Gasteiger partial charge in [-0.25, -0.2) is 13.2 Å². The average Bonchev–Trinajstić information content (AvgIpc) is 2.71. The third kappa shape index (κ3) is 5.71. The summed E-state index contributed by atoms with van der Waals surface area (Å²) in [5.74, 6) is 0. The Morgan fingerprint density at radius 3 is 2.47 bits per heavy atom. The van der Waals surface area contributed by atoms with Crippen LogP contribution in [0.5, 0.6) is 0 Å². The Morgan fingerprint density at radius 2 is 1.81 bits per heavy atom. The van der Waals surface area contributed by atoms with E-state index in [1.165, 1.54) is 6.07 Å². The van der Waals surface area contributed by atoms with Crippen molar-refractivity contribution < 1.29 is 31.1 Å². The van der Waals surface area contributed by atoms with Crippen molar-refractivity contribution in [3.8, 4) is 0 Å². The second-order valence-electron chi connectivity index (χ2n) is 7.22. The summed E-state index contributed by atoms with van der Waals surface area (Å²) >= 11 is 5.66. The number of nitrogens with zero attached hydrogens (tertiary/aromatic N) is 1. The van der Waals surface area contributed by atoms with Gasteiger partial charge in [0.2, 0.25) is 0 Å². The van der Waals surface area contributed by atoms with Crippen molar-refractivity contribution in [2.75, 3.05) is 36.9 Å². The SMILES string of the molecule is Cc1ccc(NC(=O)Nc2ccc(Cl)c(S(=O)(=O)C(F)(F)F)c2)c(CN2CCOCC2)c1. The number of urea groups is 1. The van der Waals surface area contributed by atoms with Crippen LogP contribution >= 0.6 is 11.6 Å². The molecule has 3 rings (SSSR count). The van der Waals surface area contributed by atoms with Crippen LogP contribution in [0.1, 0.15) is 11.1 Å². The molecule has 1 aliphatic heterocycles. The van der Waals surface area contributed by atoms with Crippen LogP contribution in [-0.2, 0) is 21.1 Å². The summed E-state index contributed by atoms with van der Waals surface area (Å²) in [6.07, 6.45) is 0. The number of hydrogen-bond acceptors (Lipinski definition) is 5. The minimum atomic E-state index is -5.67. The minimum absolute atomic E-state index is 0.156. The molecule has 2 amide bonds. The summed E-state index contributed by atoms with van der Waals surface area (Å²) in [6.45, 7) is 5.24. The van der Waals surface area contributed by atoms with Crippen LogP contribution < -0.4 is 10.6 Å². The van der Waals surface area contributed by atoms with Crippen molar-refractivity contribution in [1.82, 2.24) is 4.90 Å². The molecular weight excluding hydrogens is 471 g/mol. The van der Waals surface area contributed by atoms with Gasteiger partial charge in [0.25, 0.3) is 9.84 Å². The monoisotopic (exact) mass is 491 g/mol. The lowest BCUT2D eigenvalue weighted by Gasteiger charge is -2.27. The van der Waals surface area contributed by atoms with Gasteiger partial charge in [0.1, 0.15) is 0 Å². The molecule has 32 heavy (non-hydrogen) atoms. The smallest absolute Gasteiger partial charge is 0.379 e. The Kier molecular flexibility index (Phi) is 7.33. The first-order chi connectivity index (χ1) is 15.0. The Bertz CT molecular complexity index is 1100. The number of morpholine rings is 1. The Balaban J connectivity index is 1.77. The molecule has 0 saturated carbocycles. The molecule has 1 fully saturated rings. The van der Waals surface area contributed by atoms with Gasteiger partial charge in [0, 0.05) is 31.0 Å². The molecule has 1 aliphatic rings. The second-order valence-corrected chi connectivity index (χ2v) is 9.54. The fraction of sp³-hybridized carbons (Fsp3) is 0.350. The van der Waals surface area contributed by atoms with E-state index < -0.39 is 31.3 Å². The number of carbonyl (C=O) groups is 1. The number of alkyl halides is 3. The van der Waals surface area contributed by atoms with Gasteiger partial charge in [0.15, 0.2) is 0 Å². The number of halogens is 4. The van der Waals surface area contributed by atoms with E-state index in [1.807, 2.05) is 19.1 Å². The van der Waals surface area contributed by atoms with Crippen LogP contribution in [0.25, 0.3) is 0 Å². The molecule has 0 unspecified atom stereocenters. The predicted molar refractivity (Wildman–Crippen MR) is 115 cm³/mol. The van der Waals surface area contributed by atoms with Gasteiger partial charge < -0.3 is 15.4 Å². The average molecular weight is 492 g/mol. The highest BCUT2D eigenvalue weighted by molar-refractivity contribution is 7.92. The maximum atomic E-state index is 12.9. The number of ether oxygens (including phenoxy) is 1. The van der Waals surface area contributed by atoms with Gasteiger partial charge in [-0.3, -0.25) is 4.90 Å². The number of benzene rings is 2. The van der Waals surface area contributed by atoms with E-state index in [1.54, 1.807) is 6.07 Å². The first-order valence-electron chi connectivity index (χ1n) is 9.56. The van der Waals surface area contributed by atoms with Crippen molar-refractivity contribution >= 4 is 38.8 Å². The normalized spacial score (nSPS) is 15.4. The summed E-state index contributed by atoms with van der Waals surface area (Å²) < 4.78 is 67.5. The van der Waals surface area contributed by atoms with Crippen LogP contribution in [0.4, 0.5) is 29.3 Å². The Morgan fingerprint density at radius 1 is 1.12 bits per heavy atom. The van der Waals surface area contributed by atoms with E-state index in [0.717, 1.165) is 30.3 Å². The van der Waals surface area contributed by atoms with E-state index in [4.69, 9.17) is 16.3 Å². The minimum Gasteiger partial charge on any atom is -0.379 e. The third-order valence-corrected chi connectivity index (χ3v) is 6.76. The highest BCUT2D eigenvalue weighted by Gasteiger charge is 2.48. The van der Waals surface area contributed by atoms with E-state index >= 15 is 0 Å². The highest BCUT2D eigenvalue weighted by Crippen LogP contribution is 2.35. The molecule has 0 aromatic heterocycles. The van der Waals surface area contributed by atoms with Gasteiger partial charge >= 0.3 is 11.5 Å². The summed E-state index contributed by atoms with van der Waals surface area (Å²) in [7, 11) is -5.67. The molecule has 2 aromatic carbocycles. The zero-order chi connectivity index (χ0) is 23.5. The van der Waals surface area contributed by atoms with E-state index in [9.17, 15) is 26.4 Å². The third-order valence-electron chi connectivity index (χ3n) is 4.79. The number of aryl methyl sites for hydroxylation is 1. The zero-order valence-electron chi connectivity index (χ0n) is 17.0. The number of hydrogen-bond donors (Lipinski definition) is 2. The molecule has 0 aliphatic carbocycles. The fourth-order valence-electron chi connectivity index (χ4n) is 3.17. The van der Waals surface area contributed by atoms with Gasteiger partial charge in [-0.1, -0.05) is 29.3 Å². The lowest BCUT2D eigenvalue weighted by molar-refractivity contribution is -0.0435. The molecule has 174 valence electrons. The maximum absolute atomic E-state index is 12.9. The van der Waals surface area contributed by atoms with Crippen LogP contribution in [0.15, 0.2) is 41.3 Å². The molecule has 1 saturated heterocycles. The van der Waals surface area contributed by atoms with Crippen molar-refractivity contribution in [2.24, 2.45) is 0 Å². The van der Waals surface area contributed by atoms with Crippen molar-refractivity contribution in [3.63, 3.8) is 0 Å². The molecule has 0 radical (unpaired) electrons. The largest absolute Gasteiger partial charge is 0.501 e. The van der Waals surface area contributed by atoms with Crippen molar-refractivity contribution in [2.45, 2.75) is 23.9 Å². The summed E-state index contributed by atoms with van der Waals surface area (Å²) in [6, 6.07) is 7.60. The first-order valence-corrected chi connectivity index (χ1v) is 11.4. The molecule has 2 aromatic rings. The lowest BCUT2D eigenvalue weighted by Crippen LogP contribution is -2.36. The van der Waals surface area contributed by atoms with Gasteiger partial charge in [-0.15, -0.1) is 0 Å². The molecule has 12 heteroatoms. The van der Waals surface area contributed by atoms with Gasteiger partial charge in [0.05, 0.1) is 23.1 Å². The van der Waals surface area contributed by atoms with Gasteiger partial charge in [-0.05, 0) is 36.8 Å². The molecular formula is C20H21ClF3N3O4S. The van der Waals surface area contributed by atoms with Crippen molar-refractivity contribution in [1.29, 1.82) is 0 Å². The fourth-order valence-corrected chi connectivity index (χ4v) is 4.45. The zero-order valence-corrected chi connectivity index (χ0v) is 18.6. The number of sulfone groups is 1. The van der Waals surface area contributed by atoms with Gasteiger partial charge in [-0.2, -0.15) is 13.2 Å². The van der Waals surface area contributed by atoms with E-state index in [-0.39, 0.29) is 5.69 Å².